The summed E-state index contributed by atoms with van der Waals surface area (Å²) < 4.78 is 15.7. The average molecular weight is 408 g/mol. The molecule has 0 unspecified atom stereocenters. The van der Waals surface area contributed by atoms with E-state index in [9.17, 15) is 9.18 Å². The van der Waals surface area contributed by atoms with Gasteiger partial charge in [0, 0.05) is 49.8 Å². The molecule has 1 aliphatic heterocycles. The molecule has 0 bridgehead atoms. The molecule has 0 spiro atoms. The molecule has 30 heavy (non-hydrogen) atoms. The summed E-state index contributed by atoms with van der Waals surface area (Å²) in [5.41, 5.74) is 2.96. The Kier molecular flexibility index (Phi) is 5.74. The molecule has 4 rings (SSSR count). The molecule has 1 aromatic carbocycles. The van der Waals surface area contributed by atoms with Crippen LogP contribution >= 0.6 is 0 Å². The number of piperazine rings is 1. The Morgan fingerprint density at radius 1 is 1.10 bits per heavy atom. The van der Waals surface area contributed by atoms with Crippen LogP contribution in [-0.4, -0.2) is 56.7 Å². The molecule has 0 saturated carbocycles. The zero-order valence-electron chi connectivity index (χ0n) is 17.3. The minimum absolute atomic E-state index is 0.0306. The second-order valence-electron chi connectivity index (χ2n) is 7.41. The van der Waals surface area contributed by atoms with Crippen LogP contribution in [0.2, 0.25) is 0 Å². The van der Waals surface area contributed by atoms with Crippen molar-refractivity contribution >= 4 is 11.9 Å². The highest BCUT2D eigenvalue weighted by molar-refractivity contribution is 5.76. The molecule has 1 saturated heterocycles. The van der Waals surface area contributed by atoms with Crippen LogP contribution in [0, 0.1) is 12.7 Å². The van der Waals surface area contributed by atoms with Gasteiger partial charge in [-0.1, -0.05) is 19.1 Å². The van der Waals surface area contributed by atoms with Gasteiger partial charge < -0.3 is 9.80 Å². The highest BCUT2D eigenvalue weighted by atomic mass is 19.1. The van der Waals surface area contributed by atoms with Gasteiger partial charge in [0.25, 0.3) is 0 Å². The van der Waals surface area contributed by atoms with Gasteiger partial charge in [-0.2, -0.15) is 5.10 Å². The fourth-order valence-electron chi connectivity index (χ4n) is 3.61. The second-order valence-corrected chi connectivity index (χ2v) is 7.41. The number of benzene rings is 1. The molecule has 1 fully saturated rings. The van der Waals surface area contributed by atoms with Gasteiger partial charge in [-0.3, -0.25) is 9.48 Å². The summed E-state index contributed by atoms with van der Waals surface area (Å²) in [6.07, 6.45) is 4.19. The van der Waals surface area contributed by atoms with E-state index < -0.39 is 0 Å². The zero-order valence-corrected chi connectivity index (χ0v) is 17.3. The SMILES string of the molecule is CCc1cc(-c2ccc(C)c(F)c2)nn1CC(=O)N1CCN(c2ncccn2)CC1. The standard InChI is InChI=1S/C22H25FN6O/c1-3-18-14-20(17-6-5-16(2)19(23)13-17)26-29(18)15-21(30)27-9-11-28(12-10-27)22-24-7-4-8-25-22/h4-8,13-14H,3,9-12,15H2,1-2H3. The van der Waals surface area contributed by atoms with Gasteiger partial charge in [-0.25, -0.2) is 14.4 Å². The molecule has 2 aromatic heterocycles. The molecular formula is C22H25FN6O. The number of aryl methyl sites for hydroxylation is 2. The number of halogens is 1. The van der Waals surface area contributed by atoms with Gasteiger partial charge in [0.05, 0.1) is 5.69 Å². The second kappa shape index (κ2) is 8.61. The summed E-state index contributed by atoms with van der Waals surface area (Å²) in [6.45, 7) is 6.57. The highest BCUT2D eigenvalue weighted by Crippen LogP contribution is 2.22. The number of rotatable bonds is 5. The van der Waals surface area contributed by atoms with Crippen molar-refractivity contribution in [3.63, 3.8) is 0 Å². The molecule has 0 radical (unpaired) electrons. The van der Waals surface area contributed by atoms with E-state index >= 15 is 0 Å². The number of hydrogen-bond acceptors (Lipinski definition) is 5. The first kappa shape index (κ1) is 20.0. The molecule has 0 aliphatic carbocycles. The summed E-state index contributed by atoms with van der Waals surface area (Å²) in [7, 11) is 0. The molecule has 1 aliphatic rings. The Morgan fingerprint density at radius 2 is 1.83 bits per heavy atom. The lowest BCUT2D eigenvalue weighted by atomic mass is 10.1. The molecule has 8 heteroatoms. The molecular weight excluding hydrogens is 383 g/mol. The van der Waals surface area contributed by atoms with Crippen molar-refractivity contribution in [1.82, 2.24) is 24.6 Å². The van der Waals surface area contributed by atoms with Gasteiger partial charge in [-0.15, -0.1) is 0 Å². The first-order valence-corrected chi connectivity index (χ1v) is 10.2. The largest absolute Gasteiger partial charge is 0.338 e. The molecule has 3 aromatic rings. The number of nitrogens with zero attached hydrogens (tertiary/aromatic N) is 6. The minimum atomic E-state index is -0.253. The Morgan fingerprint density at radius 3 is 2.50 bits per heavy atom. The number of amides is 1. The van der Waals surface area contributed by atoms with Crippen LogP contribution in [0.3, 0.4) is 0 Å². The highest BCUT2D eigenvalue weighted by Gasteiger charge is 2.23. The predicted octanol–water partition coefficient (Wildman–Crippen LogP) is 2.70. The van der Waals surface area contributed by atoms with Crippen LogP contribution in [-0.2, 0) is 17.8 Å². The Balaban J connectivity index is 1.43. The van der Waals surface area contributed by atoms with Crippen molar-refractivity contribution in [3.05, 3.63) is 59.8 Å². The summed E-state index contributed by atoms with van der Waals surface area (Å²) in [4.78, 5) is 25.4. The van der Waals surface area contributed by atoms with Gasteiger partial charge in [0.1, 0.15) is 12.4 Å². The van der Waals surface area contributed by atoms with Gasteiger partial charge >= 0.3 is 0 Å². The van der Waals surface area contributed by atoms with E-state index in [-0.39, 0.29) is 18.3 Å². The fraction of sp³-hybridized carbons (Fsp3) is 0.364. The lowest BCUT2D eigenvalue weighted by Crippen LogP contribution is -2.50. The first-order chi connectivity index (χ1) is 14.5. The smallest absolute Gasteiger partial charge is 0.244 e. The summed E-state index contributed by atoms with van der Waals surface area (Å²) >= 11 is 0. The third-order valence-corrected chi connectivity index (χ3v) is 5.45. The van der Waals surface area contributed by atoms with Crippen LogP contribution in [0.15, 0.2) is 42.7 Å². The molecule has 3 heterocycles. The maximum Gasteiger partial charge on any atom is 0.244 e. The lowest BCUT2D eigenvalue weighted by Gasteiger charge is -2.34. The van der Waals surface area contributed by atoms with Crippen molar-refractivity contribution in [1.29, 1.82) is 0 Å². The van der Waals surface area contributed by atoms with Crippen LogP contribution < -0.4 is 4.90 Å². The van der Waals surface area contributed by atoms with Crippen LogP contribution in [0.25, 0.3) is 11.3 Å². The third-order valence-electron chi connectivity index (χ3n) is 5.45. The average Bonchev–Trinajstić information content (AvgIpc) is 3.19. The Labute approximate surface area is 175 Å². The summed E-state index contributed by atoms with van der Waals surface area (Å²) in [5, 5.41) is 4.59. The first-order valence-electron chi connectivity index (χ1n) is 10.2. The van der Waals surface area contributed by atoms with Crippen molar-refractivity contribution in [2.45, 2.75) is 26.8 Å². The van der Waals surface area contributed by atoms with E-state index in [2.05, 4.69) is 20.0 Å². The van der Waals surface area contributed by atoms with E-state index in [0.717, 1.165) is 17.7 Å². The van der Waals surface area contributed by atoms with E-state index in [0.29, 0.717) is 43.4 Å². The van der Waals surface area contributed by atoms with Gasteiger partial charge in [0.2, 0.25) is 11.9 Å². The maximum atomic E-state index is 14.0. The van der Waals surface area contributed by atoms with Crippen molar-refractivity contribution in [2.24, 2.45) is 0 Å². The summed E-state index contributed by atoms with van der Waals surface area (Å²) in [5.74, 6) is 0.472. The van der Waals surface area contributed by atoms with E-state index in [1.807, 2.05) is 24.0 Å². The van der Waals surface area contributed by atoms with Crippen LogP contribution in [0.1, 0.15) is 18.2 Å². The quantitative estimate of drug-likeness (QED) is 0.649. The normalized spacial score (nSPS) is 14.2. The molecule has 1 amide bonds. The van der Waals surface area contributed by atoms with E-state index in [1.165, 1.54) is 6.07 Å². The summed E-state index contributed by atoms with van der Waals surface area (Å²) in [6, 6.07) is 8.82. The number of anilines is 1. The monoisotopic (exact) mass is 408 g/mol. The number of aromatic nitrogens is 4. The van der Waals surface area contributed by atoms with Gasteiger partial charge in [0.15, 0.2) is 0 Å². The van der Waals surface area contributed by atoms with E-state index in [1.54, 1.807) is 36.1 Å². The predicted molar refractivity (Wildman–Crippen MR) is 113 cm³/mol. The molecule has 156 valence electrons. The Bertz CT molecular complexity index is 1030. The van der Waals surface area contributed by atoms with Crippen molar-refractivity contribution < 1.29 is 9.18 Å². The molecule has 0 N–H and O–H groups in total. The van der Waals surface area contributed by atoms with Crippen LogP contribution in [0.5, 0.6) is 0 Å². The lowest BCUT2D eigenvalue weighted by molar-refractivity contribution is -0.132. The minimum Gasteiger partial charge on any atom is -0.338 e. The molecule has 7 nitrogen and oxygen atoms in total. The number of carbonyl (C=O) groups excluding carboxylic acids is 1. The number of hydrogen-bond donors (Lipinski definition) is 0. The van der Waals surface area contributed by atoms with E-state index in [4.69, 9.17) is 0 Å². The van der Waals surface area contributed by atoms with Crippen molar-refractivity contribution in [2.75, 3.05) is 31.1 Å². The van der Waals surface area contributed by atoms with Crippen molar-refractivity contribution in [3.8, 4) is 11.3 Å². The zero-order chi connectivity index (χ0) is 21.1. The molecule has 0 atom stereocenters. The maximum absolute atomic E-state index is 14.0. The third kappa shape index (κ3) is 4.17. The topological polar surface area (TPSA) is 67.2 Å². The number of carbonyl (C=O) groups is 1. The van der Waals surface area contributed by atoms with Crippen LogP contribution in [0.4, 0.5) is 10.3 Å². The Hall–Kier alpha value is -3.29. The fourth-order valence-corrected chi connectivity index (χ4v) is 3.61. The van der Waals surface area contributed by atoms with Gasteiger partial charge in [-0.05, 0) is 37.1 Å².